The molecule has 0 aromatic rings. The zero-order chi connectivity index (χ0) is 12.7. The molecular weight excluding hydrogens is 222 g/mol. The molecule has 100 valence electrons. The highest BCUT2D eigenvalue weighted by Gasteiger charge is 2.29. The Hall–Kier alpha value is -0.650. The smallest absolute Gasteiger partial charge is 0.248 e. The molecular formula is C12H23NO4. The zero-order valence-electron chi connectivity index (χ0n) is 11.0. The maximum Gasteiger partial charge on any atom is 0.248 e. The van der Waals surface area contributed by atoms with Gasteiger partial charge in [0.1, 0.15) is 6.61 Å². The maximum atomic E-state index is 12.0. The molecule has 0 aromatic heterocycles. The van der Waals surface area contributed by atoms with E-state index in [-0.39, 0.29) is 24.7 Å². The van der Waals surface area contributed by atoms with Crippen LogP contribution in [-0.2, 0) is 19.0 Å². The Morgan fingerprint density at radius 3 is 2.88 bits per heavy atom. The molecule has 17 heavy (non-hydrogen) atoms. The van der Waals surface area contributed by atoms with Crippen molar-refractivity contribution in [2.45, 2.75) is 32.4 Å². The van der Waals surface area contributed by atoms with Crippen LogP contribution in [0, 0.1) is 0 Å². The lowest BCUT2D eigenvalue weighted by atomic mass is 10.1. The van der Waals surface area contributed by atoms with E-state index in [2.05, 4.69) is 6.92 Å². The Kier molecular flexibility index (Phi) is 6.47. The summed E-state index contributed by atoms with van der Waals surface area (Å²) in [5.41, 5.74) is 0. The van der Waals surface area contributed by atoms with Crippen molar-refractivity contribution in [1.82, 2.24) is 4.90 Å². The monoisotopic (exact) mass is 245 g/mol. The van der Waals surface area contributed by atoms with Crippen molar-refractivity contribution in [1.29, 1.82) is 0 Å². The van der Waals surface area contributed by atoms with Gasteiger partial charge in [-0.25, -0.2) is 0 Å². The van der Waals surface area contributed by atoms with Gasteiger partial charge >= 0.3 is 0 Å². The van der Waals surface area contributed by atoms with Gasteiger partial charge in [0, 0.05) is 13.7 Å². The Labute approximate surface area is 103 Å². The molecule has 0 radical (unpaired) electrons. The van der Waals surface area contributed by atoms with E-state index < -0.39 is 0 Å². The van der Waals surface area contributed by atoms with Gasteiger partial charge in [0.25, 0.3) is 0 Å². The van der Waals surface area contributed by atoms with Crippen LogP contribution in [0.5, 0.6) is 0 Å². The van der Waals surface area contributed by atoms with Crippen molar-refractivity contribution in [3.63, 3.8) is 0 Å². The molecule has 5 nitrogen and oxygen atoms in total. The van der Waals surface area contributed by atoms with Crippen LogP contribution in [0.25, 0.3) is 0 Å². The third kappa shape index (κ3) is 4.61. The molecule has 0 bridgehead atoms. The molecule has 0 spiro atoms. The van der Waals surface area contributed by atoms with E-state index in [1.807, 2.05) is 11.8 Å². The SMILES string of the molecule is CCC1COC(C)CN1C(=O)COCCOC. The highest BCUT2D eigenvalue weighted by molar-refractivity contribution is 5.78. The summed E-state index contributed by atoms with van der Waals surface area (Å²) in [6.07, 6.45) is 1.03. The maximum absolute atomic E-state index is 12.0. The van der Waals surface area contributed by atoms with Crippen LogP contribution in [0.3, 0.4) is 0 Å². The van der Waals surface area contributed by atoms with Crippen molar-refractivity contribution >= 4 is 5.91 Å². The number of rotatable bonds is 6. The summed E-state index contributed by atoms with van der Waals surface area (Å²) in [4.78, 5) is 13.9. The van der Waals surface area contributed by atoms with Crippen LogP contribution in [0.15, 0.2) is 0 Å². The molecule has 1 fully saturated rings. The molecule has 2 atom stereocenters. The summed E-state index contributed by atoms with van der Waals surface area (Å²) in [7, 11) is 1.61. The number of amides is 1. The molecule has 1 aliphatic heterocycles. The quantitative estimate of drug-likeness (QED) is 0.646. The summed E-state index contributed by atoms with van der Waals surface area (Å²) in [5.74, 6) is 0.0445. The van der Waals surface area contributed by atoms with Crippen molar-refractivity contribution in [2.24, 2.45) is 0 Å². The second kappa shape index (κ2) is 7.63. The van der Waals surface area contributed by atoms with Gasteiger partial charge in [0.15, 0.2) is 0 Å². The average Bonchev–Trinajstić information content (AvgIpc) is 2.34. The lowest BCUT2D eigenvalue weighted by Crippen LogP contribution is -2.52. The molecule has 1 rings (SSSR count). The molecule has 5 heteroatoms. The number of hydrogen-bond donors (Lipinski definition) is 0. The fraction of sp³-hybridized carbons (Fsp3) is 0.917. The predicted molar refractivity (Wildman–Crippen MR) is 63.9 cm³/mol. The van der Waals surface area contributed by atoms with Gasteiger partial charge < -0.3 is 19.1 Å². The Morgan fingerprint density at radius 2 is 2.24 bits per heavy atom. The van der Waals surface area contributed by atoms with Crippen molar-refractivity contribution in [3.8, 4) is 0 Å². The minimum absolute atomic E-state index is 0.0445. The molecule has 1 aliphatic rings. The first-order valence-electron chi connectivity index (χ1n) is 6.16. The topological polar surface area (TPSA) is 48.0 Å². The lowest BCUT2D eigenvalue weighted by Gasteiger charge is -2.38. The van der Waals surface area contributed by atoms with E-state index in [0.29, 0.717) is 26.4 Å². The Bertz CT molecular complexity index is 235. The number of morpholine rings is 1. The average molecular weight is 245 g/mol. The van der Waals surface area contributed by atoms with Gasteiger partial charge in [0.2, 0.25) is 5.91 Å². The largest absolute Gasteiger partial charge is 0.382 e. The highest BCUT2D eigenvalue weighted by atomic mass is 16.5. The summed E-state index contributed by atoms with van der Waals surface area (Å²) in [6, 6.07) is 0.185. The summed E-state index contributed by atoms with van der Waals surface area (Å²) in [5, 5.41) is 0. The third-order valence-corrected chi connectivity index (χ3v) is 2.92. The van der Waals surface area contributed by atoms with E-state index in [1.165, 1.54) is 0 Å². The molecule has 2 unspecified atom stereocenters. The van der Waals surface area contributed by atoms with Gasteiger partial charge in [-0.3, -0.25) is 4.79 Å². The summed E-state index contributed by atoms with van der Waals surface area (Å²) >= 11 is 0. The van der Waals surface area contributed by atoms with Crippen molar-refractivity contribution < 1.29 is 19.0 Å². The van der Waals surface area contributed by atoms with E-state index in [9.17, 15) is 4.79 Å². The summed E-state index contributed by atoms with van der Waals surface area (Å²) in [6.45, 7) is 6.44. The van der Waals surface area contributed by atoms with Gasteiger partial charge in [-0.2, -0.15) is 0 Å². The first kappa shape index (κ1) is 14.4. The minimum Gasteiger partial charge on any atom is -0.382 e. The van der Waals surface area contributed by atoms with E-state index >= 15 is 0 Å². The molecule has 1 heterocycles. The molecule has 0 aromatic carbocycles. The molecule has 1 amide bonds. The van der Waals surface area contributed by atoms with Crippen LogP contribution >= 0.6 is 0 Å². The van der Waals surface area contributed by atoms with Gasteiger partial charge in [-0.1, -0.05) is 6.92 Å². The van der Waals surface area contributed by atoms with Gasteiger partial charge in [-0.05, 0) is 13.3 Å². The Morgan fingerprint density at radius 1 is 1.47 bits per heavy atom. The zero-order valence-corrected chi connectivity index (χ0v) is 11.0. The number of ether oxygens (including phenoxy) is 3. The van der Waals surface area contributed by atoms with Crippen molar-refractivity contribution in [2.75, 3.05) is 40.1 Å². The number of methoxy groups -OCH3 is 1. The summed E-state index contributed by atoms with van der Waals surface area (Å²) < 4.78 is 15.7. The predicted octanol–water partition coefficient (Wildman–Crippen LogP) is 0.675. The second-order valence-electron chi connectivity index (χ2n) is 4.30. The van der Waals surface area contributed by atoms with Crippen LogP contribution in [0.2, 0.25) is 0 Å². The number of carbonyl (C=O) groups is 1. The van der Waals surface area contributed by atoms with Gasteiger partial charge in [0.05, 0.1) is 32.0 Å². The fourth-order valence-electron chi connectivity index (χ4n) is 1.87. The number of nitrogens with zero attached hydrogens (tertiary/aromatic N) is 1. The van der Waals surface area contributed by atoms with Crippen LogP contribution in [0.1, 0.15) is 20.3 Å². The number of hydrogen-bond acceptors (Lipinski definition) is 4. The van der Waals surface area contributed by atoms with E-state index in [4.69, 9.17) is 14.2 Å². The fourth-order valence-corrected chi connectivity index (χ4v) is 1.87. The molecule has 0 saturated carbocycles. The van der Waals surface area contributed by atoms with Crippen LogP contribution < -0.4 is 0 Å². The minimum atomic E-state index is 0.0445. The highest BCUT2D eigenvalue weighted by Crippen LogP contribution is 2.14. The molecule has 0 N–H and O–H groups in total. The molecule has 0 aliphatic carbocycles. The van der Waals surface area contributed by atoms with Crippen molar-refractivity contribution in [3.05, 3.63) is 0 Å². The lowest BCUT2D eigenvalue weighted by molar-refractivity contribution is -0.149. The van der Waals surface area contributed by atoms with E-state index in [1.54, 1.807) is 7.11 Å². The standard InChI is InChI=1S/C12H23NO4/c1-4-11-8-17-10(2)7-13(11)12(14)9-16-6-5-15-3/h10-11H,4-9H2,1-3H3. The first-order valence-corrected chi connectivity index (χ1v) is 6.16. The molecule has 1 saturated heterocycles. The van der Waals surface area contributed by atoms with Crippen LogP contribution in [0.4, 0.5) is 0 Å². The van der Waals surface area contributed by atoms with E-state index in [0.717, 1.165) is 6.42 Å². The number of carbonyl (C=O) groups excluding carboxylic acids is 1. The first-order chi connectivity index (χ1) is 8.19. The van der Waals surface area contributed by atoms with Crippen LogP contribution in [-0.4, -0.2) is 63.0 Å². The Balaban J connectivity index is 2.36. The van der Waals surface area contributed by atoms with Gasteiger partial charge in [-0.15, -0.1) is 0 Å². The normalized spacial score (nSPS) is 25.0. The third-order valence-electron chi connectivity index (χ3n) is 2.92. The second-order valence-corrected chi connectivity index (χ2v) is 4.30.